The summed E-state index contributed by atoms with van der Waals surface area (Å²) < 4.78 is 49.1. The monoisotopic (exact) mass is 562 g/mol. The van der Waals surface area contributed by atoms with Crippen LogP contribution in [-0.4, -0.2) is 54.8 Å². The zero-order chi connectivity index (χ0) is 27.9. The summed E-state index contributed by atoms with van der Waals surface area (Å²) >= 11 is 6.05. The second kappa shape index (κ2) is 12.5. The Balaban J connectivity index is 1.98. The molecule has 0 aromatic heterocycles. The molecule has 10 nitrogen and oxygen atoms in total. The molecule has 0 bridgehead atoms. The maximum absolute atomic E-state index is 13.8. The summed E-state index contributed by atoms with van der Waals surface area (Å²) in [5.74, 6) is -0.248. The number of carbonyl (C=O) groups excluding carboxylic acids is 2. The number of carbonyl (C=O) groups is 2. The number of ether oxygens (including phenoxy) is 4. The van der Waals surface area contributed by atoms with Gasteiger partial charge in [0.05, 0.1) is 49.1 Å². The minimum atomic E-state index is -4.26. The first kappa shape index (κ1) is 28.6. The number of benzene rings is 3. The molecule has 0 unspecified atom stereocenters. The number of rotatable bonds is 11. The van der Waals surface area contributed by atoms with Crippen LogP contribution in [0.4, 0.5) is 11.4 Å². The third-order valence-corrected chi connectivity index (χ3v) is 7.42. The molecule has 12 heteroatoms. The molecular formula is C26H27ClN2O8S. The van der Waals surface area contributed by atoms with Crippen LogP contribution in [0.1, 0.15) is 17.3 Å². The van der Waals surface area contributed by atoms with Crippen LogP contribution in [0.3, 0.4) is 0 Å². The van der Waals surface area contributed by atoms with Crippen LogP contribution in [0.25, 0.3) is 0 Å². The predicted molar refractivity (Wildman–Crippen MR) is 143 cm³/mol. The van der Waals surface area contributed by atoms with Gasteiger partial charge < -0.3 is 24.3 Å². The zero-order valence-corrected chi connectivity index (χ0v) is 22.8. The van der Waals surface area contributed by atoms with Crippen molar-refractivity contribution in [2.75, 3.05) is 44.1 Å². The number of esters is 1. The molecule has 0 aliphatic rings. The molecular weight excluding hydrogens is 536 g/mol. The van der Waals surface area contributed by atoms with E-state index in [4.69, 9.17) is 30.5 Å². The number of hydrogen-bond donors (Lipinski definition) is 1. The Bertz CT molecular complexity index is 1410. The number of halogens is 1. The van der Waals surface area contributed by atoms with E-state index < -0.39 is 28.4 Å². The fourth-order valence-electron chi connectivity index (χ4n) is 3.49. The molecule has 1 N–H and O–H groups in total. The number of methoxy groups -OCH3 is 3. The van der Waals surface area contributed by atoms with E-state index in [1.54, 1.807) is 12.1 Å². The van der Waals surface area contributed by atoms with Gasteiger partial charge in [0, 0.05) is 11.8 Å². The Hall–Kier alpha value is -3.96. The topological polar surface area (TPSA) is 120 Å². The molecule has 3 aromatic carbocycles. The van der Waals surface area contributed by atoms with Crippen molar-refractivity contribution in [3.63, 3.8) is 0 Å². The average molecular weight is 563 g/mol. The van der Waals surface area contributed by atoms with Crippen molar-refractivity contribution in [2.45, 2.75) is 11.8 Å². The van der Waals surface area contributed by atoms with E-state index in [1.807, 2.05) is 6.92 Å². The van der Waals surface area contributed by atoms with Gasteiger partial charge in [0.15, 0.2) is 11.5 Å². The largest absolute Gasteiger partial charge is 0.494 e. The van der Waals surface area contributed by atoms with Crippen LogP contribution < -0.4 is 23.8 Å². The third kappa shape index (κ3) is 6.48. The van der Waals surface area contributed by atoms with Crippen LogP contribution in [0.15, 0.2) is 65.6 Å². The standard InChI is InChI=1S/C26H27ClN2O8S/c1-5-37-19-9-7-18(8-10-19)29(38(32,33)20-11-13-23(34-2)24(15-20)35-3)16-25(30)28-17-6-12-22(27)21(14-17)26(31)36-4/h6-15H,5,16H2,1-4H3,(H,28,30). The van der Waals surface area contributed by atoms with Gasteiger partial charge in [0.2, 0.25) is 5.91 Å². The van der Waals surface area contributed by atoms with Gasteiger partial charge in [0.1, 0.15) is 12.3 Å². The number of nitrogens with one attached hydrogen (secondary N) is 1. The molecule has 0 radical (unpaired) electrons. The minimum absolute atomic E-state index is 0.0493. The Labute approximate surface area is 226 Å². The lowest BCUT2D eigenvalue weighted by Gasteiger charge is -2.25. The second-order valence-electron chi connectivity index (χ2n) is 7.69. The molecule has 0 atom stereocenters. The van der Waals surface area contributed by atoms with Crippen molar-refractivity contribution in [3.05, 3.63) is 71.2 Å². The molecule has 0 heterocycles. The lowest BCUT2D eigenvalue weighted by molar-refractivity contribution is -0.114. The number of nitrogens with zero attached hydrogens (tertiary/aromatic N) is 1. The lowest BCUT2D eigenvalue weighted by atomic mass is 10.2. The van der Waals surface area contributed by atoms with Gasteiger partial charge in [-0.05, 0) is 61.5 Å². The summed E-state index contributed by atoms with van der Waals surface area (Å²) in [6.07, 6.45) is 0. The summed E-state index contributed by atoms with van der Waals surface area (Å²) in [7, 11) is -0.225. The average Bonchev–Trinajstić information content (AvgIpc) is 2.92. The highest BCUT2D eigenvalue weighted by Crippen LogP contribution is 2.33. The molecule has 0 aliphatic carbocycles. The number of amides is 1. The van der Waals surface area contributed by atoms with Crippen LogP contribution in [-0.2, 0) is 19.6 Å². The highest BCUT2D eigenvalue weighted by atomic mass is 35.5. The molecule has 3 aromatic rings. The van der Waals surface area contributed by atoms with Crippen LogP contribution in [0.2, 0.25) is 5.02 Å². The Morgan fingerprint density at radius 3 is 2.21 bits per heavy atom. The fourth-order valence-corrected chi connectivity index (χ4v) is 5.13. The number of sulfonamides is 1. The molecule has 202 valence electrons. The van der Waals surface area contributed by atoms with E-state index in [0.29, 0.717) is 18.1 Å². The SMILES string of the molecule is CCOc1ccc(N(CC(=O)Nc2ccc(Cl)c(C(=O)OC)c2)S(=O)(=O)c2ccc(OC)c(OC)c2)cc1. The highest BCUT2D eigenvalue weighted by Gasteiger charge is 2.29. The minimum Gasteiger partial charge on any atom is -0.494 e. The second-order valence-corrected chi connectivity index (χ2v) is 9.96. The summed E-state index contributed by atoms with van der Waals surface area (Å²) in [6.45, 7) is 1.68. The maximum Gasteiger partial charge on any atom is 0.339 e. The van der Waals surface area contributed by atoms with E-state index in [2.05, 4.69) is 5.32 Å². The zero-order valence-electron chi connectivity index (χ0n) is 21.2. The molecule has 0 saturated carbocycles. The van der Waals surface area contributed by atoms with Gasteiger partial charge in [0.25, 0.3) is 10.0 Å². The Morgan fingerprint density at radius 2 is 1.61 bits per heavy atom. The fraction of sp³-hybridized carbons (Fsp3) is 0.231. The summed E-state index contributed by atoms with van der Waals surface area (Å²) in [4.78, 5) is 24.9. The number of hydrogen-bond acceptors (Lipinski definition) is 8. The first-order chi connectivity index (χ1) is 18.1. The van der Waals surface area contributed by atoms with Gasteiger partial charge >= 0.3 is 5.97 Å². The smallest absolute Gasteiger partial charge is 0.339 e. The third-order valence-electron chi connectivity index (χ3n) is 5.32. The summed E-state index contributed by atoms with van der Waals surface area (Å²) in [6, 6.07) is 14.7. The van der Waals surface area contributed by atoms with E-state index in [-0.39, 0.29) is 32.6 Å². The first-order valence-electron chi connectivity index (χ1n) is 11.3. The van der Waals surface area contributed by atoms with Gasteiger partial charge in [-0.3, -0.25) is 9.10 Å². The molecule has 0 aliphatic heterocycles. The van der Waals surface area contributed by atoms with E-state index in [1.165, 1.54) is 69.9 Å². The predicted octanol–water partition coefficient (Wildman–Crippen LogP) is 4.38. The van der Waals surface area contributed by atoms with Crippen LogP contribution in [0, 0.1) is 0 Å². The molecule has 1 amide bonds. The molecule has 3 rings (SSSR count). The molecule has 0 fully saturated rings. The van der Waals surface area contributed by atoms with Crippen LogP contribution >= 0.6 is 11.6 Å². The van der Waals surface area contributed by atoms with Crippen molar-refractivity contribution in [3.8, 4) is 17.2 Å². The normalized spacial score (nSPS) is 10.9. The highest BCUT2D eigenvalue weighted by molar-refractivity contribution is 7.92. The van der Waals surface area contributed by atoms with Gasteiger partial charge in [-0.15, -0.1) is 0 Å². The first-order valence-corrected chi connectivity index (χ1v) is 13.1. The van der Waals surface area contributed by atoms with E-state index >= 15 is 0 Å². The van der Waals surface area contributed by atoms with Crippen molar-refractivity contribution in [1.29, 1.82) is 0 Å². The molecule has 38 heavy (non-hydrogen) atoms. The van der Waals surface area contributed by atoms with Crippen LogP contribution in [0.5, 0.6) is 17.2 Å². The summed E-state index contributed by atoms with van der Waals surface area (Å²) in [5, 5.41) is 2.74. The van der Waals surface area contributed by atoms with Crippen molar-refractivity contribution in [2.24, 2.45) is 0 Å². The van der Waals surface area contributed by atoms with Crippen molar-refractivity contribution >= 4 is 44.9 Å². The van der Waals surface area contributed by atoms with Gasteiger partial charge in [-0.2, -0.15) is 0 Å². The van der Waals surface area contributed by atoms with Crippen molar-refractivity contribution < 1.29 is 37.0 Å². The van der Waals surface area contributed by atoms with Gasteiger partial charge in [-0.1, -0.05) is 11.6 Å². The molecule has 0 spiro atoms. The number of anilines is 2. The van der Waals surface area contributed by atoms with Crippen molar-refractivity contribution in [1.82, 2.24) is 0 Å². The van der Waals surface area contributed by atoms with Gasteiger partial charge in [-0.25, -0.2) is 13.2 Å². The maximum atomic E-state index is 13.8. The Morgan fingerprint density at radius 1 is 0.921 bits per heavy atom. The van der Waals surface area contributed by atoms with E-state index in [9.17, 15) is 18.0 Å². The summed E-state index contributed by atoms with van der Waals surface area (Å²) in [5.41, 5.74) is 0.507. The molecule has 0 saturated heterocycles. The van der Waals surface area contributed by atoms with E-state index in [0.717, 1.165) is 4.31 Å². The quantitative estimate of drug-likeness (QED) is 0.342. The lowest BCUT2D eigenvalue weighted by Crippen LogP contribution is -2.38. The Kier molecular flexibility index (Phi) is 9.43.